The van der Waals surface area contributed by atoms with E-state index in [1.165, 1.54) is 0 Å². The van der Waals surface area contributed by atoms with Gasteiger partial charge in [-0.05, 0) is 12.8 Å². The van der Waals surface area contributed by atoms with E-state index >= 15 is 0 Å². The fourth-order valence-electron chi connectivity index (χ4n) is 2.80. The third-order valence-corrected chi connectivity index (χ3v) is 3.70. The van der Waals surface area contributed by atoms with Crippen LogP contribution in [0.25, 0.3) is 0 Å². The maximum absolute atomic E-state index is 12.1. The van der Waals surface area contributed by atoms with Crippen molar-refractivity contribution in [2.75, 3.05) is 19.6 Å². The van der Waals surface area contributed by atoms with Crippen LogP contribution in [0.15, 0.2) is 0 Å². The second-order valence-corrected chi connectivity index (χ2v) is 4.90. The Labute approximate surface area is 118 Å². The van der Waals surface area contributed by atoms with Crippen molar-refractivity contribution >= 4 is 30.1 Å². The van der Waals surface area contributed by atoms with Crippen molar-refractivity contribution in [3.8, 4) is 0 Å². The summed E-state index contributed by atoms with van der Waals surface area (Å²) in [6.07, 6.45) is 3.53. The van der Waals surface area contributed by atoms with Crippen LogP contribution in [0.2, 0.25) is 0 Å². The van der Waals surface area contributed by atoms with Crippen molar-refractivity contribution in [3.05, 3.63) is 0 Å². The van der Waals surface area contributed by atoms with Crippen LogP contribution in [0.1, 0.15) is 25.7 Å². The molecule has 3 amide bonds. The molecule has 1 heterocycles. The molecule has 2 aliphatic rings. The lowest BCUT2D eigenvalue weighted by Crippen LogP contribution is -2.42. The van der Waals surface area contributed by atoms with Crippen molar-refractivity contribution < 1.29 is 14.4 Å². The van der Waals surface area contributed by atoms with Crippen molar-refractivity contribution in [2.45, 2.75) is 25.7 Å². The second kappa shape index (κ2) is 6.86. The molecule has 2 rings (SSSR count). The Bertz CT molecular complexity index is 351. The number of hydrogen-bond donors (Lipinski definition) is 2. The van der Waals surface area contributed by atoms with Crippen LogP contribution in [0, 0.1) is 11.8 Å². The van der Waals surface area contributed by atoms with E-state index < -0.39 is 0 Å². The molecule has 1 saturated carbocycles. The van der Waals surface area contributed by atoms with Gasteiger partial charge in [0.2, 0.25) is 17.7 Å². The van der Waals surface area contributed by atoms with Gasteiger partial charge in [0.25, 0.3) is 0 Å². The highest BCUT2D eigenvalue weighted by atomic mass is 35.5. The predicted molar refractivity (Wildman–Crippen MR) is 71.5 cm³/mol. The first kappa shape index (κ1) is 15.9. The van der Waals surface area contributed by atoms with Gasteiger partial charge in [0, 0.05) is 13.1 Å². The molecule has 2 unspecified atom stereocenters. The number of imide groups is 1. The average molecular weight is 290 g/mol. The first-order valence-corrected chi connectivity index (χ1v) is 6.47. The first-order valence-electron chi connectivity index (χ1n) is 6.47. The number of nitrogens with one attached hydrogen (secondary N) is 1. The third kappa shape index (κ3) is 3.25. The zero-order valence-electron chi connectivity index (χ0n) is 10.8. The number of fused-ring (bicyclic) bond motifs is 1. The van der Waals surface area contributed by atoms with Gasteiger partial charge < -0.3 is 11.1 Å². The summed E-state index contributed by atoms with van der Waals surface area (Å²) in [6.45, 7) is 0.547. The summed E-state index contributed by atoms with van der Waals surface area (Å²) in [6, 6.07) is 0. The van der Waals surface area contributed by atoms with Crippen LogP contribution >= 0.6 is 12.4 Å². The summed E-state index contributed by atoms with van der Waals surface area (Å²) >= 11 is 0. The summed E-state index contributed by atoms with van der Waals surface area (Å²) in [5.41, 5.74) is 5.27. The molecule has 1 saturated heterocycles. The lowest BCUT2D eigenvalue weighted by molar-refractivity contribution is -0.143. The van der Waals surface area contributed by atoms with Gasteiger partial charge in [-0.2, -0.15) is 0 Å². The maximum atomic E-state index is 12.1. The van der Waals surface area contributed by atoms with Gasteiger partial charge in [-0.3, -0.25) is 19.3 Å². The molecule has 1 aliphatic carbocycles. The molecule has 0 aromatic carbocycles. The minimum Gasteiger partial charge on any atom is -0.353 e. The van der Waals surface area contributed by atoms with Gasteiger partial charge in [0.05, 0.1) is 11.8 Å². The van der Waals surface area contributed by atoms with E-state index in [9.17, 15) is 14.4 Å². The lowest BCUT2D eigenvalue weighted by atomic mass is 9.81. The van der Waals surface area contributed by atoms with E-state index in [1.54, 1.807) is 0 Å². The number of halogens is 1. The Balaban J connectivity index is 0.00000180. The Kier molecular flexibility index (Phi) is 5.75. The maximum Gasteiger partial charge on any atom is 0.240 e. The van der Waals surface area contributed by atoms with E-state index in [4.69, 9.17) is 5.73 Å². The fraction of sp³-hybridized carbons (Fsp3) is 0.750. The summed E-state index contributed by atoms with van der Waals surface area (Å²) in [7, 11) is 0. The highest BCUT2D eigenvalue weighted by Gasteiger charge is 2.48. The molecule has 3 N–H and O–H groups in total. The number of amides is 3. The molecule has 19 heavy (non-hydrogen) atoms. The molecular weight excluding hydrogens is 270 g/mol. The smallest absolute Gasteiger partial charge is 0.240 e. The standard InChI is InChI=1S/C12H19N3O3.ClH/c13-5-6-14-10(16)7-15-11(17)8-3-1-2-4-9(8)12(15)18;/h8-9H,1-7,13H2,(H,14,16);1H. The van der Waals surface area contributed by atoms with E-state index in [1.807, 2.05) is 0 Å². The van der Waals surface area contributed by atoms with E-state index in [0.29, 0.717) is 13.1 Å². The van der Waals surface area contributed by atoms with E-state index in [2.05, 4.69) is 5.32 Å². The molecule has 0 aromatic rings. The topological polar surface area (TPSA) is 92.5 Å². The number of hydrogen-bond acceptors (Lipinski definition) is 4. The summed E-state index contributed by atoms with van der Waals surface area (Å²) < 4.78 is 0. The number of carbonyl (C=O) groups is 3. The molecule has 0 bridgehead atoms. The van der Waals surface area contributed by atoms with Crippen LogP contribution in [-0.4, -0.2) is 42.3 Å². The van der Waals surface area contributed by atoms with Gasteiger partial charge in [0.15, 0.2) is 0 Å². The van der Waals surface area contributed by atoms with Crippen LogP contribution in [-0.2, 0) is 14.4 Å². The van der Waals surface area contributed by atoms with Gasteiger partial charge in [-0.1, -0.05) is 12.8 Å². The quantitative estimate of drug-likeness (QED) is 0.693. The summed E-state index contributed by atoms with van der Waals surface area (Å²) in [4.78, 5) is 36.8. The van der Waals surface area contributed by atoms with Crippen molar-refractivity contribution in [3.63, 3.8) is 0 Å². The predicted octanol–water partition coefficient (Wildman–Crippen LogP) is -0.342. The molecule has 1 aliphatic heterocycles. The molecular formula is C12H20ClN3O3. The van der Waals surface area contributed by atoms with Crippen LogP contribution in [0.4, 0.5) is 0 Å². The molecule has 2 fully saturated rings. The van der Waals surface area contributed by atoms with Gasteiger partial charge in [-0.25, -0.2) is 0 Å². The van der Waals surface area contributed by atoms with Gasteiger partial charge in [0.1, 0.15) is 6.54 Å². The van der Waals surface area contributed by atoms with E-state index in [-0.39, 0.29) is 48.5 Å². The molecule has 7 heteroatoms. The van der Waals surface area contributed by atoms with Crippen LogP contribution in [0.5, 0.6) is 0 Å². The molecule has 6 nitrogen and oxygen atoms in total. The first-order chi connectivity index (χ1) is 8.65. The third-order valence-electron chi connectivity index (χ3n) is 3.70. The molecule has 108 valence electrons. The number of carbonyl (C=O) groups excluding carboxylic acids is 3. The number of nitrogens with zero attached hydrogens (tertiary/aromatic N) is 1. The monoisotopic (exact) mass is 289 g/mol. The zero-order valence-corrected chi connectivity index (χ0v) is 11.6. The second-order valence-electron chi connectivity index (χ2n) is 4.90. The highest BCUT2D eigenvalue weighted by molar-refractivity contribution is 6.07. The fourth-order valence-corrected chi connectivity index (χ4v) is 2.80. The van der Waals surface area contributed by atoms with Gasteiger partial charge >= 0.3 is 0 Å². The number of likely N-dealkylation sites (tertiary alicyclic amines) is 1. The van der Waals surface area contributed by atoms with Gasteiger partial charge in [-0.15, -0.1) is 12.4 Å². The molecule has 2 atom stereocenters. The number of nitrogens with two attached hydrogens (primary N) is 1. The Morgan fingerprint density at radius 1 is 1.21 bits per heavy atom. The molecule has 0 radical (unpaired) electrons. The molecule has 0 aromatic heterocycles. The van der Waals surface area contributed by atoms with Crippen molar-refractivity contribution in [1.82, 2.24) is 10.2 Å². The Morgan fingerprint density at radius 2 is 1.74 bits per heavy atom. The van der Waals surface area contributed by atoms with Crippen LogP contribution in [0.3, 0.4) is 0 Å². The highest BCUT2D eigenvalue weighted by Crippen LogP contribution is 2.37. The Hall–Kier alpha value is -1.14. The van der Waals surface area contributed by atoms with Crippen molar-refractivity contribution in [1.29, 1.82) is 0 Å². The largest absolute Gasteiger partial charge is 0.353 e. The minimum atomic E-state index is -0.319. The number of rotatable bonds is 4. The minimum absolute atomic E-state index is 0. The van der Waals surface area contributed by atoms with Crippen molar-refractivity contribution in [2.24, 2.45) is 17.6 Å². The normalized spacial score (nSPS) is 25.8. The average Bonchev–Trinajstić information content (AvgIpc) is 2.62. The van der Waals surface area contributed by atoms with Crippen LogP contribution < -0.4 is 11.1 Å². The van der Waals surface area contributed by atoms with E-state index in [0.717, 1.165) is 30.6 Å². The Morgan fingerprint density at radius 3 is 2.21 bits per heavy atom. The summed E-state index contributed by atoms with van der Waals surface area (Å²) in [5, 5.41) is 2.57. The molecule has 0 spiro atoms. The SMILES string of the molecule is Cl.NCCNC(=O)CN1C(=O)C2CCCCC2C1=O. The zero-order chi connectivity index (χ0) is 13.1. The summed E-state index contributed by atoms with van der Waals surface area (Å²) in [5.74, 6) is -1.04. The lowest BCUT2D eigenvalue weighted by Gasteiger charge is -2.19.